The second kappa shape index (κ2) is 6.09. The zero-order chi connectivity index (χ0) is 12.1. The van der Waals surface area contributed by atoms with E-state index >= 15 is 0 Å². The van der Waals surface area contributed by atoms with Gasteiger partial charge in [-0.05, 0) is 53.4 Å². The maximum Gasteiger partial charge on any atom is 0.225 e. The number of nitrogens with one attached hydrogen (secondary N) is 2. The largest absolute Gasteiger partial charge is 0.317 e. The van der Waals surface area contributed by atoms with Crippen LogP contribution in [0.5, 0.6) is 0 Å². The molecule has 1 aromatic heterocycles. The molecule has 0 unspecified atom stereocenters. The molecule has 1 amide bonds. The predicted octanol–water partition coefficient (Wildman–Crippen LogP) is 2.22. The summed E-state index contributed by atoms with van der Waals surface area (Å²) in [6, 6.07) is 1.99. The van der Waals surface area contributed by atoms with Gasteiger partial charge in [0.05, 0.1) is 0 Å². The fraction of sp³-hybridized carbons (Fsp3) is 0.300. The lowest BCUT2D eigenvalue weighted by atomic mass is 10.3. The summed E-state index contributed by atoms with van der Waals surface area (Å²) >= 11 is 7.17. The highest BCUT2D eigenvalue weighted by molar-refractivity contribution is 14.1. The molecule has 0 bridgehead atoms. The van der Waals surface area contributed by atoms with Crippen LogP contribution in [0.2, 0.25) is 0 Å². The molecule has 0 radical (unpaired) electrons. The van der Waals surface area contributed by atoms with E-state index in [1.165, 1.54) is 0 Å². The van der Waals surface area contributed by atoms with E-state index in [4.69, 9.17) is 12.2 Å². The number of anilines is 1. The highest BCUT2D eigenvalue weighted by Gasteiger charge is 2.05. The van der Waals surface area contributed by atoms with Gasteiger partial charge in [0.15, 0.2) is 5.11 Å². The maximum atomic E-state index is 11.1. The third kappa shape index (κ3) is 4.01. The maximum absolute atomic E-state index is 11.1. The van der Waals surface area contributed by atoms with Crippen molar-refractivity contribution >= 4 is 51.6 Å². The van der Waals surface area contributed by atoms with Crippen LogP contribution < -0.4 is 10.6 Å². The standard InChI is InChI=1S/C10H12IN3OS/c1-3-8(15)13-10(16)14-9-6(2)4-7(11)5-12-9/h4-5H,3H2,1-2H3,(H2,12,13,14,15,16). The summed E-state index contributed by atoms with van der Waals surface area (Å²) < 4.78 is 1.06. The number of hydrogen-bond donors (Lipinski definition) is 2. The number of nitrogens with zero attached hydrogens (tertiary/aromatic N) is 1. The molecule has 1 rings (SSSR count). The van der Waals surface area contributed by atoms with Crippen molar-refractivity contribution in [2.24, 2.45) is 0 Å². The van der Waals surface area contributed by atoms with Crippen LogP contribution in [0.4, 0.5) is 5.82 Å². The second-order valence-corrected chi connectivity index (χ2v) is 4.83. The quantitative estimate of drug-likeness (QED) is 0.635. The Labute approximate surface area is 113 Å². The highest BCUT2D eigenvalue weighted by atomic mass is 127. The average Bonchev–Trinajstić information content (AvgIpc) is 2.22. The molecule has 0 saturated carbocycles. The number of hydrogen-bond acceptors (Lipinski definition) is 3. The monoisotopic (exact) mass is 349 g/mol. The fourth-order valence-electron chi connectivity index (χ4n) is 1.03. The zero-order valence-corrected chi connectivity index (χ0v) is 12.0. The number of aromatic nitrogens is 1. The number of rotatable bonds is 2. The molecule has 0 aliphatic carbocycles. The number of carbonyl (C=O) groups excluding carboxylic acids is 1. The van der Waals surface area contributed by atoms with Crippen molar-refractivity contribution in [3.63, 3.8) is 0 Å². The summed E-state index contributed by atoms with van der Waals surface area (Å²) in [6.07, 6.45) is 2.14. The van der Waals surface area contributed by atoms with E-state index in [0.717, 1.165) is 9.13 Å². The molecule has 0 fully saturated rings. The molecule has 1 aromatic rings. The number of thiocarbonyl (C=S) groups is 1. The number of aryl methyl sites for hydroxylation is 1. The smallest absolute Gasteiger partial charge is 0.225 e. The van der Waals surface area contributed by atoms with Gasteiger partial charge in [0.25, 0.3) is 0 Å². The van der Waals surface area contributed by atoms with Gasteiger partial charge in [-0.1, -0.05) is 6.92 Å². The number of halogens is 1. The van der Waals surface area contributed by atoms with Crippen molar-refractivity contribution in [2.45, 2.75) is 20.3 Å². The number of pyridine rings is 1. The van der Waals surface area contributed by atoms with Crippen molar-refractivity contribution in [1.82, 2.24) is 10.3 Å². The first-order chi connectivity index (χ1) is 7.52. The van der Waals surface area contributed by atoms with E-state index in [2.05, 4.69) is 38.2 Å². The molecule has 2 N–H and O–H groups in total. The second-order valence-electron chi connectivity index (χ2n) is 3.17. The van der Waals surface area contributed by atoms with Crippen molar-refractivity contribution < 1.29 is 4.79 Å². The van der Waals surface area contributed by atoms with E-state index in [1.54, 1.807) is 13.1 Å². The third-order valence-electron chi connectivity index (χ3n) is 1.85. The Morgan fingerprint density at radius 2 is 2.31 bits per heavy atom. The molecule has 86 valence electrons. The molecule has 0 spiro atoms. The van der Waals surface area contributed by atoms with Crippen molar-refractivity contribution in [1.29, 1.82) is 0 Å². The molecule has 0 atom stereocenters. The van der Waals surface area contributed by atoms with Gasteiger partial charge in [-0.2, -0.15) is 0 Å². The van der Waals surface area contributed by atoms with Crippen molar-refractivity contribution in [2.75, 3.05) is 5.32 Å². The lowest BCUT2D eigenvalue weighted by Gasteiger charge is -2.10. The fourth-order valence-corrected chi connectivity index (χ4v) is 1.84. The Bertz CT molecular complexity index is 423. The summed E-state index contributed by atoms with van der Waals surface area (Å²) in [5.41, 5.74) is 0.986. The van der Waals surface area contributed by atoms with Crippen LogP contribution in [0, 0.1) is 10.5 Å². The Balaban J connectivity index is 2.66. The third-order valence-corrected chi connectivity index (χ3v) is 2.64. The first-order valence-electron chi connectivity index (χ1n) is 4.76. The summed E-state index contributed by atoms with van der Waals surface area (Å²) in [5, 5.41) is 5.73. The summed E-state index contributed by atoms with van der Waals surface area (Å²) in [4.78, 5) is 15.3. The predicted molar refractivity (Wildman–Crippen MR) is 76.3 cm³/mol. The minimum Gasteiger partial charge on any atom is -0.317 e. The summed E-state index contributed by atoms with van der Waals surface area (Å²) in [6.45, 7) is 3.70. The average molecular weight is 349 g/mol. The van der Waals surface area contributed by atoms with Crippen LogP contribution >= 0.6 is 34.8 Å². The Hall–Kier alpha value is -0.760. The van der Waals surface area contributed by atoms with Gasteiger partial charge in [-0.15, -0.1) is 0 Å². The number of carbonyl (C=O) groups is 1. The van der Waals surface area contributed by atoms with Crippen molar-refractivity contribution in [3.05, 3.63) is 21.4 Å². The van der Waals surface area contributed by atoms with Gasteiger partial charge in [0, 0.05) is 16.2 Å². The topological polar surface area (TPSA) is 54.0 Å². The molecule has 1 heterocycles. The molecule has 0 aliphatic rings. The zero-order valence-electron chi connectivity index (χ0n) is 9.00. The summed E-state index contributed by atoms with van der Waals surface area (Å²) in [5.74, 6) is 0.558. The SMILES string of the molecule is CCC(=O)NC(=S)Nc1ncc(I)cc1C. The molecular weight excluding hydrogens is 337 g/mol. The molecule has 0 aromatic carbocycles. The highest BCUT2D eigenvalue weighted by Crippen LogP contribution is 2.13. The van der Waals surface area contributed by atoms with Crippen LogP contribution in [0.1, 0.15) is 18.9 Å². The van der Waals surface area contributed by atoms with Gasteiger partial charge in [0.2, 0.25) is 5.91 Å². The first kappa shape index (κ1) is 13.3. The first-order valence-corrected chi connectivity index (χ1v) is 6.24. The Kier molecular flexibility index (Phi) is 5.07. The molecule has 0 aliphatic heterocycles. The van der Waals surface area contributed by atoms with E-state index in [-0.39, 0.29) is 11.0 Å². The van der Waals surface area contributed by atoms with Gasteiger partial charge < -0.3 is 10.6 Å². The van der Waals surface area contributed by atoms with E-state index in [1.807, 2.05) is 13.0 Å². The van der Waals surface area contributed by atoms with E-state index in [9.17, 15) is 4.79 Å². The molecule has 16 heavy (non-hydrogen) atoms. The molecule has 4 nitrogen and oxygen atoms in total. The van der Waals surface area contributed by atoms with Crippen LogP contribution in [0.3, 0.4) is 0 Å². The van der Waals surface area contributed by atoms with Crippen molar-refractivity contribution in [3.8, 4) is 0 Å². The molecule has 6 heteroatoms. The Morgan fingerprint density at radius 3 is 2.88 bits per heavy atom. The molecule has 0 saturated heterocycles. The van der Waals surface area contributed by atoms with E-state index in [0.29, 0.717) is 12.2 Å². The normalized spacial score (nSPS) is 9.69. The summed E-state index contributed by atoms with van der Waals surface area (Å²) in [7, 11) is 0. The Morgan fingerprint density at radius 1 is 1.62 bits per heavy atom. The van der Waals surface area contributed by atoms with E-state index < -0.39 is 0 Å². The lowest BCUT2D eigenvalue weighted by Crippen LogP contribution is -2.33. The van der Waals surface area contributed by atoms with Gasteiger partial charge in [-0.3, -0.25) is 4.79 Å². The van der Waals surface area contributed by atoms with Crippen LogP contribution in [0.25, 0.3) is 0 Å². The minimum absolute atomic E-state index is 0.110. The van der Waals surface area contributed by atoms with Gasteiger partial charge in [-0.25, -0.2) is 4.98 Å². The lowest BCUT2D eigenvalue weighted by molar-refractivity contribution is -0.119. The minimum atomic E-state index is -0.110. The van der Waals surface area contributed by atoms with Gasteiger partial charge in [0.1, 0.15) is 5.82 Å². The van der Waals surface area contributed by atoms with Crippen LogP contribution in [-0.2, 0) is 4.79 Å². The van der Waals surface area contributed by atoms with Crippen LogP contribution in [-0.4, -0.2) is 16.0 Å². The molecular formula is C10H12IN3OS. The van der Waals surface area contributed by atoms with Gasteiger partial charge >= 0.3 is 0 Å². The van der Waals surface area contributed by atoms with Crippen LogP contribution in [0.15, 0.2) is 12.3 Å². The number of amides is 1.